The topological polar surface area (TPSA) is 49.3 Å². The lowest BCUT2D eigenvalue weighted by atomic mass is 9.85. The summed E-state index contributed by atoms with van der Waals surface area (Å²) >= 11 is 1.63. The smallest absolute Gasteiger partial charge is 0.252 e. The molecule has 0 unspecified atom stereocenters. The Kier molecular flexibility index (Phi) is 4.07. The number of aryl methyl sites for hydroxylation is 2. The number of rotatable bonds is 3. The van der Waals surface area contributed by atoms with E-state index in [1.807, 2.05) is 19.9 Å². The molecule has 0 atom stereocenters. The minimum atomic E-state index is -0.688. The first kappa shape index (κ1) is 13.6. The zero-order valence-electron chi connectivity index (χ0n) is 11.1. The molecule has 2 rings (SSSR count). The maximum Gasteiger partial charge on any atom is 0.252 e. The van der Waals surface area contributed by atoms with Crippen molar-refractivity contribution >= 4 is 17.2 Å². The Morgan fingerprint density at radius 1 is 1.39 bits per heavy atom. The van der Waals surface area contributed by atoms with Crippen molar-refractivity contribution in [3.05, 3.63) is 21.4 Å². The molecular weight excluding hydrogens is 246 g/mol. The van der Waals surface area contributed by atoms with E-state index in [0.29, 0.717) is 6.54 Å². The van der Waals surface area contributed by atoms with Gasteiger partial charge in [-0.05, 0) is 32.8 Å². The van der Waals surface area contributed by atoms with Crippen LogP contribution in [0.4, 0.5) is 0 Å². The minimum absolute atomic E-state index is 0.0594. The lowest BCUT2D eigenvalue weighted by Crippen LogP contribution is -2.44. The van der Waals surface area contributed by atoms with Gasteiger partial charge in [0, 0.05) is 16.3 Å². The number of hydrogen-bond donors (Lipinski definition) is 2. The molecular formula is C14H21NO2S. The minimum Gasteiger partial charge on any atom is -0.388 e. The van der Waals surface area contributed by atoms with Crippen molar-refractivity contribution in [3.8, 4) is 0 Å². The maximum atomic E-state index is 12.0. The Balaban J connectivity index is 1.94. The van der Waals surface area contributed by atoms with Crippen LogP contribution in [0.1, 0.15) is 52.2 Å². The number of thiophene rings is 1. The third kappa shape index (κ3) is 3.12. The molecule has 0 bridgehead atoms. The number of amides is 1. The summed E-state index contributed by atoms with van der Waals surface area (Å²) in [7, 11) is 0. The van der Waals surface area contributed by atoms with Crippen LogP contribution in [0.5, 0.6) is 0 Å². The van der Waals surface area contributed by atoms with E-state index in [1.54, 1.807) is 11.3 Å². The van der Waals surface area contributed by atoms with Gasteiger partial charge >= 0.3 is 0 Å². The summed E-state index contributed by atoms with van der Waals surface area (Å²) in [6.07, 6.45) is 4.91. The van der Waals surface area contributed by atoms with Crippen molar-refractivity contribution in [1.29, 1.82) is 0 Å². The highest BCUT2D eigenvalue weighted by Crippen LogP contribution is 2.27. The van der Waals surface area contributed by atoms with Crippen LogP contribution in [-0.2, 0) is 0 Å². The highest BCUT2D eigenvalue weighted by Gasteiger charge is 2.29. The third-order valence-corrected chi connectivity index (χ3v) is 4.61. The van der Waals surface area contributed by atoms with Gasteiger partial charge in [0.2, 0.25) is 0 Å². The van der Waals surface area contributed by atoms with E-state index in [1.165, 1.54) is 6.42 Å². The van der Waals surface area contributed by atoms with Gasteiger partial charge in [-0.2, -0.15) is 0 Å². The van der Waals surface area contributed by atoms with Crippen LogP contribution in [-0.4, -0.2) is 23.2 Å². The monoisotopic (exact) mass is 267 g/mol. The second kappa shape index (κ2) is 5.41. The van der Waals surface area contributed by atoms with E-state index < -0.39 is 5.60 Å². The van der Waals surface area contributed by atoms with Crippen LogP contribution in [0.15, 0.2) is 6.07 Å². The summed E-state index contributed by atoms with van der Waals surface area (Å²) < 4.78 is 0. The van der Waals surface area contributed by atoms with Gasteiger partial charge in [0.25, 0.3) is 5.91 Å². The summed E-state index contributed by atoms with van der Waals surface area (Å²) in [6.45, 7) is 4.34. The van der Waals surface area contributed by atoms with Gasteiger partial charge in [-0.1, -0.05) is 19.3 Å². The summed E-state index contributed by atoms with van der Waals surface area (Å²) in [5.74, 6) is -0.0594. The SMILES string of the molecule is Cc1cc(C(=O)NCC2(O)CCCCC2)c(C)s1. The van der Waals surface area contributed by atoms with Gasteiger partial charge in [0.1, 0.15) is 0 Å². The van der Waals surface area contributed by atoms with Crippen LogP contribution in [0.2, 0.25) is 0 Å². The van der Waals surface area contributed by atoms with Gasteiger partial charge in [0.05, 0.1) is 11.2 Å². The second-order valence-corrected chi connectivity index (χ2v) is 6.76. The van der Waals surface area contributed by atoms with Crippen molar-refractivity contribution < 1.29 is 9.90 Å². The van der Waals surface area contributed by atoms with Gasteiger partial charge in [-0.25, -0.2) is 0 Å². The molecule has 1 aromatic heterocycles. The lowest BCUT2D eigenvalue weighted by Gasteiger charge is -2.32. The average Bonchev–Trinajstić information content (AvgIpc) is 2.67. The molecule has 18 heavy (non-hydrogen) atoms. The number of carbonyl (C=O) groups is 1. The zero-order valence-corrected chi connectivity index (χ0v) is 11.9. The van der Waals surface area contributed by atoms with E-state index in [-0.39, 0.29) is 5.91 Å². The van der Waals surface area contributed by atoms with Crippen LogP contribution < -0.4 is 5.32 Å². The average molecular weight is 267 g/mol. The number of hydrogen-bond acceptors (Lipinski definition) is 3. The van der Waals surface area contributed by atoms with Gasteiger partial charge in [0.15, 0.2) is 0 Å². The normalized spacial score (nSPS) is 18.6. The molecule has 0 radical (unpaired) electrons. The maximum absolute atomic E-state index is 12.0. The highest BCUT2D eigenvalue weighted by atomic mass is 32.1. The van der Waals surface area contributed by atoms with Crippen molar-refractivity contribution in [2.45, 2.75) is 51.6 Å². The Morgan fingerprint density at radius 3 is 2.61 bits per heavy atom. The first-order valence-corrected chi connectivity index (χ1v) is 7.39. The van der Waals surface area contributed by atoms with E-state index in [2.05, 4.69) is 5.32 Å². The molecule has 100 valence electrons. The molecule has 0 aliphatic heterocycles. The fraction of sp³-hybridized carbons (Fsp3) is 0.643. The molecule has 0 aromatic carbocycles. The fourth-order valence-electron chi connectivity index (χ4n) is 2.58. The molecule has 1 aliphatic rings. The Labute approximate surface area is 112 Å². The summed E-state index contributed by atoms with van der Waals surface area (Å²) in [5, 5.41) is 13.2. The standard InChI is InChI=1S/C14H21NO2S/c1-10-8-12(11(2)18-10)13(16)15-9-14(17)6-4-3-5-7-14/h8,17H,3-7,9H2,1-2H3,(H,15,16). The Hall–Kier alpha value is -0.870. The Bertz CT molecular complexity index is 433. The van der Waals surface area contributed by atoms with Gasteiger partial charge in [-0.3, -0.25) is 4.79 Å². The molecule has 1 aromatic rings. The van der Waals surface area contributed by atoms with E-state index in [9.17, 15) is 9.90 Å². The molecule has 1 aliphatic carbocycles. The van der Waals surface area contributed by atoms with Gasteiger partial charge < -0.3 is 10.4 Å². The predicted octanol–water partition coefficient (Wildman–Crippen LogP) is 2.79. The van der Waals surface area contributed by atoms with Crippen molar-refractivity contribution in [2.24, 2.45) is 0 Å². The number of nitrogens with one attached hydrogen (secondary N) is 1. The van der Waals surface area contributed by atoms with Crippen molar-refractivity contribution in [1.82, 2.24) is 5.32 Å². The molecule has 1 heterocycles. The van der Waals surface area contributed by atoms with E-state index in [4.69, 9.17) is 0 Å². The van der Waals surface area contributed by atoms with Crippen molar-refractivity contribution in [2.75, 3.05) is 6.54 Å². The van der Waals surface area contributed by atoms with E-state index >= 15 is 0 Å². The lowest BCUT2D eigenvalue weighted by molar-refractivity contribution is 0.00525. The molecule has 0 saturated heterocycles. The molecule has 4 heteroatoms. The number of carbonyl (C=O) groups excluding carboxylic acids is 1. The summed E-state index contributed by atoms with van der Waals surface area (Å²) in [4.78, 5) is 14.2. The van der Waals surface area contributed by atoms with Crippen LogP contribution in [0, 0.1) is 13.8 Å². The van der Waals surface area contributed by atoms with Crippen LogP contribution in [0.3, 0.4) is 0 Å². The molecule has 2 N–H and O–H groups in total. The highest BCUT2D eigenvalue weighted by molar-refractivity contribution is 7.12. The molecule has 0 spiro atoms. The fourth-order valence-corrected chi connectivity index (χ4v) is 3.50. The van der Waals surface area contributed by atoms with Gasteiger partial charge in [-0.15, -0.1) is 11.3 Å². The molecule has 3 nitrogen and oxygen atoms in total. The zero-order chi connectivity index (χ0) is 13.2. The van der Waals surface area contributed by atoms with Crippen molar-refractivity contribution in [3.63, 3.8) is 0 Å². The van der Waals surface area contributed by atoms with Crippen LogP contribution in [0.25, 0.3) is 0 Å². The second-order valence-electron chi connectivity index (χ2n) is 5.29. The first-order chi connectivity index (χ1) is 8.50. The molecule has 1 saturated carbocycles. The third-order valence-electron chi connectivity index (χ3n) is 3.65. The summed E-state index contributed by atoms with van der Waals surface area (Å²) in [6, 6.07) is 1.92. The predicted molar refractivity (Wildman–Crippen MR) is 74.2 cm³/mol. The quantitative estimate of drug-likeness (QED) is 0.884. The number of aliphatic hydroxyl groups is 1. The van der Waals surface area contributed by atoms with Crippen LogP contribution >= 0.6 is 11.3 Å². The van der Waals surface area contributed by atoms with E-state index in [0.717, 1.165) is 41.0 Å². The molecule has 1 fully saturated rings. The Morgan fingerprint density at radius 2 is 2.06 bits per heavy atom. The molecule has 1 amide bonds. The first-order valence-electron chi connectivity index (χ1n) is 6.58. The summed E-state index contributed by atoms with van der Waals surface area (Å²) in [5.41, 5.74) is 0.0595. The largest absolute Gasteiger partial charge is 0.388 e.